The molecule has 0 radical (unpaired) electrons. The van der Waals surface area contributed by atoms with Crippen LogP contribution >= 0.6 is 0 Å². The maximum Gasteiger partial charge on any atom is 0.140 e. The van der Waals surface area contributed by atoms with E-state index in [1.54, 1.807) is 18.2 Å². The molecule has 0 bridgehead atoms. The fourth-order valence-electron chi connectivity index (χ4n) is 1.68. The Labute approximate surface area is 105 Å². The molecular weight excluding hydrogens is 231 g/mol. The van der Waals surface area contributed by atoms with Gasteiger partial charge in [-0.3, -0.25) is 0 Å². The number of nitrogens with one attached hydrogen (secondary N) is 1. The predicted molar refractivity (Wildman–Crippen MR) is 70.6 cm³/mol. The summed E-state index contributed by atoms with van der Waals surface area (Å²) in [6.07, 6.45) is 0. The minimum Gasteiger partial charge on any atom is -0.369 e. The minimum absolute atomic E-state index is 0.236. The maximum absolute atomic E-state index is 12.8. The lowest BCUT2D eigenvalue weighted by molar-refractivity contribution is 0.627. The number of pyridine rings is 1. The van der Waals surface area contributed by atoms with E-state index in [4.69, 9.17) is 5.84 Å². The van der Waals surface area contributed by atoms with Gasteiger partial charge in [0.15, 0.2) is 0 Å². The van der Waals surface area contributed by atoms with Crippen LogP contribution in [0.1, 0.15) is 5.69 Å². The van der Waals surface area contributed by atoms with Gasteiger partial charge in [0.05, 0.1) is 12.2 Å². The minimum atomic E-state index is -0.236. The molecule has 18 heavy (non-hydrogen) atoms. The number of hydrogen-bond acceptors (Lipinski definition) is 4. The van der Waals surface area contributed by atoms with Crippen LogP contribution in [0, 0.1) is 5.82 Å². The summed E-state index contributed by atoms with van der Waals surface area (Å²) in [5.41, 5.74) is 4.33. The van der Waals surface area contributed by atoms with Crippen LogP contribution < -0.4 is 16.2 Å². The summed E-state index contributed by atoms with van der Waals surface area (Å²) < 4.78 is 12.8. The number of benzene rings is 1. The molecule has 3 N–H and O–H groups in total. The molecule has 4 nitrogen and oxygen atoms in total. The van der Waals surface area contributed by atoms with Crippen LogP contribution in [0.25, 0.3) is 0 Å². The van der Waals surface area contributed by atoms with Gasteiger partial charge in [0.1, 0.15) is 11.6 Å². The van der Waals surface area contributed by atoms with Gasteiger partial charge in [-0.15, -0.1) is 0 Å². The molecule has 1 heterocycles. The Morgan fingerprint density at radius 2 is 1.94 bits per heavy atom. The van der Waals surface area contributed by atoms with Crippen molar-refractivity contribution in [2.75, 3.05) is 17.4 Å². The van der Waals surface area contributed by atoms with Gasteiger partial charge < -0.3 is 10.3 Å². The zero-order valence-corrected chi connectivity index (χ0v) is 10.1. The molecule has 1 aromatic heterocycles. The average molecular weight is 246 g/mol. The lowest BCUT2D eigenvalue weighted by Crippen LogP contribution is -2.18. The highest BCUT2D eigenvalue weighted by atomic mass is 19.1. The van der Waals surface area contributed by atoms with E-state index in [2.05, 4.69) is 10.4 Å². The van der Waals surface area contributed by atoms with Crippen molar-refractivity contribution in [2.45, 2.75) is 6.54 Å². The number of aromatic nitrogens is 1. The molecule has 0 unspecified atom stereocenters. The Kier molecular flexibility index (Phi) is 3.74. The highest BCUT2D eigenvalue weighted by Gasteiger charge is 2.04. The third kappa shape index (κ3) is 2.95. The van der Waals surface area contributed by atoms with Gasteiger partial charge in [0.25, 0.3) is 0 Å². The maximum atomic E-state index is 12.8. The number of anilines is 2. The molecule has 0 saturated heterocycles. The first-order valence-corrected chi connectivity index (χ1v) is 5.58. The Morgan fingerprint density at radius 1 is 1.22 bits per heavy atom. The third-order valence-electron chi connectivity index (χ3n) is 2.62. The lowest BCUT2D eigenvalue weighted by Gasteiger charge is -2.19. The average Bonchev–Trinajstić information content (AvgIpc) is 2.39. The third-order valence-corrected chi connectivity index (χ3v) is 2.62. The second kappa shape index (κ2) is 5.46. The van der Waals surface area contributed by atoms with Crippen LogP contribution in [-0.4, -0.2) is 12.0 Å². The van der Waals surface area contributed by atoms with Gasteiger partial charge in [0.2, 0.25) is 0 Å². The Hall–Kier alpha value is -2.14. The van der Waals surface area contributed by atoms with Crippen LogP contribution in [-0.2, 0) is 6.54 Å². The van der Waals surface area contributed by atoms with E-state index >= 15 is 0 Å². The van der Waals surface area contributed by atoms with Crippen LogP contribution in [0.5, 0.6) is 0 Å². The monoisotopic (exact) mass is 246 g/mol. The summed E-state index contributed by atoms with van der Waals surface area (Å²) in [5, 5.41) is 0. The van der Waals surface area contributed by atoms with Gasteiger partial charge >= 0.3 is 0 Å². The number of rotatable bonds is 4. The van der Waals surface area contributed by atoms with Crippen LogP contribution in [0.4, 0.5) is 15.9 Å². The Bertz CT molecular complexity index is 513. The zero-order chi connectivity index (χ0) is 13.0. The molecule has 0 spiro atoms. The van der Waals surface area contributed by atoms with E-state index in [1.165, 1.54) is 12.1 Å². The van der Waals surface area contributed by atoms with Gasteiger partial charge in [-0.05, 0) is 36.4 Å². The first-order chi connectivity index (χ1) is 8.69. The SMILES string of the molecule is CN(Cc1cccc(NN)n1)c1ccc(F)cc1. The molecule has 1 aromatic carbocycles. The van der Waals surface area contributed by atoms with E-state index in [0.717, 1.165) is 11.4 Å². The summed E-state index contributed by atoms with van der Waals surface area (Å²) in [5.74, 6) is 5.70. The number of hydrogen-bond donors (Lipinski definition) is 2. The van der Waals surface area contributed by atoms with Crippen molar-refractivity contribution in [3.05, 3.63) is 54.0 Å². The molecule has 0 atom stereocenters. The predicted octanol–water partition coefficient (Wildman–Crippen LogP) is 2.14. The molecule has 5 heteroatoms. The van der Waals surface area contributed by atoms with Crippen LogP contribution in [0.2, 0.25) is 0 Å². The number of hydrazine groups is 1. The molecule has 0 amide bonds. The van der Waals surface area contributed by atoms with Crippen LogP contribution in [0.3, 0.4) is 0 Å². The molecule has 94 valence electrons. The van der Waals surface area contributed by atoms with Gasteiger partial charge in [-0.2, -0.15) is 0 Å². The topological polar surface area (TPSA) is 54.2 Å². The normalized spacial score (nSPS) is 10.2. The summed E-state index contributed by atoms with van der Waals surface area (Å²) in [6, 6.07) is 12.0. The fourth-order valence-corrected chi connectivity index (χ4v) is 1.68. The van der Waals surface area contributed by atoms with E-state index in [1.807, 2.05) is 24.1 Å². The molecule has 0 saturated carbocycles. The van der Waals surface area contributed by atoms with Crippen molar-refractivity contribution >= 4 is 11.5 Å². The van der Waals surface area contributed by atoms with Crippen molar-refractivity contribution in [3.63, 3.8) is 0 Å². The van der Waals surface area contributed by atoms with Gasteiger partial charge in [-0.1, -0.05) is 6.07 Å². The van der Waals surface area contributed by atoms with Crippen molar-refractivity contribution in [1.82, 2.24) is 4.98 Å². The van der Waals surface area contributed by atoms with E-state index in [-0.39, 0.29) is 5.82 Å². The highest BCUT2D eigenvalue weighted by Crippen LogP contribution is 2.15. The largest absolute Gasteiger partial charge is 0.369 e. The second-order valence-corrected chi connectivity index (χ2v) is 3.99. The highest BCUT2D eigenvalue weighted by molar-refractivity contribution is 5.46. The Balaban J connectivity index is 2.10. The second-order valence-electron chi connectivity index (χ2n) is 3.99. The summed E-state index contributed by atoms with van der Waals surface area (Å²) >= 11 is 0. The van der Waals surface area contributed by atoms with Crippen molar-refractivity contribution in [2.24, 2.45) is 5.84 Å². The van der Waals surface area contributed by atoms with Gasteiger partial charge in [0, 0.05) is 12.7 Å². The van der Waals surface area contributed by atoms with Gasteiger partial charge in [-0.25, -0.2) is 15.2 Å². The van der Waals surface area contributed by atoms with Crippen molar-refractivity contribution < 1.29 is 4.39 Å². The van der Waals surface area contributed by atoms with Crippen molar-refractivity contribution in [3.8, 4) is 0 Å². The number of nitrogens with zero attached hydrogens (tertiary/aromatic N) is 2. The quantitative estimate of drug-likeness (QED) is 0.641. The van der Waals surface area contributed by atoms with E-state index < -0.39 is 0 Å². The fraction of sp³-hybridized carbons (Fsp3) is 0.154. The standard InChI is InChI=1S/C13H15FN4/c1-18(12-7-5-10(14)6-8-12)9-11-3-2-4-13(16-11)17-15/h2-8H,9,15H2,1H3,(H,16,17). The number of nitrogen functional groups attached to an aromatic ring is 1. The molecule has 0 aliphatic heterocycles. The molecule has 2 rings (SSSR count). The molecule has 0 aliphatic carbocycles. The summed E-state index contributed by atoms with van der Waals surface area (Å²) in [6.45, 7) is 0.626. The van der Waals surface area contributed by atoms with E-state index in [9.17, 15) is 4.39 Å². The first-order valence-electron chi connectivity index (χ1n) is 5.58. The summed E-state index contributed by atoms with van der Waals surface area (Å²) in [4.78, 5) is 6.31. The summed E-state index contributed by atoms with van der Waals surface area (Å²) in [7, 11) is 1.93. The zero-order valence-electron chi connectivity index (χ0n) is 10.1. The molecular formula is C13H15FN4. The van der Waals surface area contributed by atoms with E-state index in [0.29, 0.717) is 12.4 Å². The Morgan fingerprint density at radius 3 is 2.61 bits per heavy atom. The number of halogens is 1. The van der Waals surface area contributed by atoms with Crippen molar-refractivity contribution in [1.29, 1.82) is 0 Å². The smallest absolute Gasteiger partial charge is 0.140 e. The first kappa shape index (κ1) is 12.3. The molecule has 0 aliphatic rings. The molecule has 2 aromatic rings. The lowest BCUT2D eigenvalue weighted by atomic mass is 10.2. The number of nitrogens with two attached hydrogens (primary N) is 1. The molecule has 0 fully saturated rings. The van der Waals surface area contributed by atoms with Crippen LogP contribution in [0.15, 0.2) is 42.5 Å².